The van der Waals surface area contributed by atoms with Gasteiger partial charge in [-0.15, -0.1) is 0 Å². The van der Waals surface area contributed by atoms with Crippen LogP contribution < -0.4 is 5.32 Å². The zero-order valence-corrected chi connectivity index (χ0v) is 9.81. The smallest absolute Gasteiger partial charge is 0.150 e. The van der Waals surface area contributed by atoms with Gasteiger partial charge in [-0.2, -0.15) is 0 Å². The van der Waals surface area contributed by atoms with Crippen molar-refractivity contribution in [3.05, 3.63) is 52.4 Å². The molecule has 1 N–H and O–H groups in total. The molecule has 1 aromatic heterocycles. The average molecular weight is 258 g/mol. The highest BCUT2D eigenvalue weighted by Gasteiger charge is 2.10. The van der Waals surface area contributed by atoms with Crippen molar-refractivity contribution < 1.29 is 13.2 Å². The molecular weight excluding hydrogens is 248 g/mol. The molecule has 1 heterocycles. The van der Waals surface area contributed by atoms with Crippen LogP contribution in [0.25, 0.3) is 0 Å². The summed E-state index contributed by atoms with van der Waals surface area (Å²) in [6.45, 7) is 2.17. The third-order valence-electron chi connectivity index (χ3n) is 2.40. The molecule has 2 aromatic rings. The molecule has 0 fully saturated rings. The van der Waals surface area contributed by atoms with Gasteiger partial charge < -0.3 is 9.73 Å². The second kappa shape index (κ2) is 4.75. The van der Waals surface area contributed by atoms with Crippen molar-refractivity contribution in [1.82, 2.24) is 0 Å². The summed E-state index contributed by atoms with van der Waals surface area (Å²) in [4.78, 5) is 0. The van der Waals surface area contributed by atoms with Crippen LogP contribution in [0.15, 0.2) is 28.9 Å². The summed E-state index contributed by atoms with van der Waals surface area (Å²) in [6, 6.07) is 3.64. The van der Waals surface area contributed by atoms with E-state index in [0.717, 1.165) is 17.7 Å². The number of rotatable bonds is 3. The van der Waals surface area contributed by atoms with E-state index in [1.165, 1.54) is 0 Å². The SMILES string of the molecule is Cc1ccoc1CNc1c(F)cc(F)cc1Cl. The molecule has 0 saturated heterocycles. The molecule has 0 atom stereocenters. The third-order valence-corrected chi connectivity index (χ3v) is 2.70. The molecular formula is C12H10ClF2NO. The van der Waals surface area contributed by atoms with Gasteiger partial charge in [0.15, 0.2) is 5.82 Å². The number of anilines is 1. The first-order valence-electron chi connectivity index (χ1n) is 4.99. The number of aryl methyl sites for hydroxylation is 1. The van der Waals surface area contributed by atoms with Gasteiger partial charge in [-0.3, -0.25) is 0 Å². The van der Waals surface area contributed by atoms with E-state index >= 15 is 0 Å². The number of nitrogens with one attached hydrogen (secondary N) is 1. The highest BCUT2D eigenvalue weighted by Crippen LogP contribution is 2.27. The third kappa shape index (κ3) is 2.58. The molecule has 0 saturated carbocycles. The molecule has 0 bridgehead atoms. The van der Waals surface area contributed by atoms with Crippen LogP contribution in [0.5, 0.6) is 0 Å². The van der Waals surface area contributed by atoms with Gasteiger partial charge in [0, 0.05) is 6.07 Å². The Bertz CT molecular complexity index is 516. The highest BCUT2D eigenvalue weighted by atomic mass is 35.5. The molecule has 0 aliphatic carbocycles. The number of halogens is 3. The minimum atomic E-state index is -0.723. The number of hydrogen-bond donors (Lipinski definition) is 1. The zero-order valence-electron chi connectivity index (χ0n) is 9.06. The minimum Gasteiger partial charge on any atom is -0.467 e. The molecule has 1 aromatic carbocycles. The first kappa shape index (κ1) is 11.9. The van der Waals surface area contributed by atoms with Gasteiger partial charge in [-0.25, -0.2) is 8.78 Å². The summed E-state index contributed by atoms with van der Waals surface area (Å²) >= 11 is 5.74. The van der Waals surface area contributed by atoms with Crippen LogP contribution in [0.2, 0.25) is 5.02 Å². The lowest BCUT2D eigenvalue weighted by Crippen LogP contribution is -2.02. The van der Waals surface area contributed by atoms with Crippen molar-refractivity contribution >= 4 is 17.3 Å². The van der Waals surface area contributed by atoms with Crippen LogP contribution in [0.1, 0.15) is 11.3 Å². The summed E-state index contributed by atoms with van der Waals surface area (Å²) in [5.74, 6) is -0.740. The van der Waals surface area contributed by atoms with E-state index in [2.05, 4.69) is 5.32 Å². The fourth-order valence-corrected chi connectivity index (χ4v) is 1.73. The Balaban J connectivity index is 2.17. The highest BCUT2D eigenvalue weighted by molar-refractivity contribution is 6.33. The lowest BCUT2D eigenvalue weighted by molar-refractivity contribution is 0.514. The zero-order chi connectivity index (χ0) is 12.4. The van der Waals surface area contributed by atoms with Crippen LogP contribution in [0.4, 0.5) is 14.5 Å². The largest absolute Gasteiger partial charge is 0.467 e. The molecule has 0 unspecified atom stereocenters. The average Bonchev–Trinajstić information content (AvgIpc) is 2.62. The molecule has 5 heteroatoms. The van der Waals surface area contributed by atoms with Crippen molar-refractivity contribution in [3.63, 3.8) is 0 Å². The predicted octanol–water partition coefficient (Wildman–Crippen LogP) is 4.13. The topological polar surface area (TPSA) is 25.2 Å². The van der Waals surface area contributed by atoms with Crippen molar-refractivity contribution in [3.8, 4) is 0 Å². The first-order chi connectivity index (χ1) is 8.08. The number of hydrogen-bond acceptors (Lipinski definition) is 2. The molecule has 2 nitrogen and oxygen atoms in total. The van der Waals surface area contributed by atoms with E-state index in [1.54, 1.807) is 12.3 Å². The summed E-state index contributed by atoms with van der Waals surface area (Å²) in [5.41, 5.74) is 1.03. The molecule has 2 rings (SSSR count). The van der Waals surface area contributed by atoms with Gasteiger partial charge in [0.1, 0.15) is 11.6 Å². The van der Waals surface area contributed by atoms with Gasteiger partial charge in [-0.05, 0) is 24.6 Å². The predicted molar refractivity (Wildman–Crippen MR) is 62.1 cm³/mol. The van der Waals surface area contributed by atoms with Crippen molar-refractivity contribution in [2.75, 3.05) is 5.32 Å². The Morgan fingerprint density at radius 3 is 2.71 bits per heavy atom. The first-order valence-corrected chi connectivity index (χ1v) is 5.37. The molecule has 90 valence electrons. The summed E-state index contributed by atoms with van der Waals surface area (Å²) in [5, 5.41) is 2.79. The van der Waals surface area contributed by atoms with Crippen molar-refractivity contribution in [2.45, 2.75) is 13.5 Å². The second-order valence-electron chi connectivity index (χ2n) is 3.62. The fourth-order valence-electron chi connectivity index (χ4n) is 1.46. The second-order valence-corrected chi connectivity index (χ2v) is 4.03. The van der Waals surface area contributed by atoms with Gasteiger partial charge in [0.2, 0.25) is 0 Å². The maximum Gasteiger partial charge on any atom is 0.150 e. The molecule has 0 radical (unpaired) electrons. The fraction of sp³-hybridized carbons (Fsp3) is 0.167. The Morgan fingerprint density at radius 1 is 1.35 bits per heavy atom. The Morgan fingerprint density at radius 2 is 2.12 bits per heavy atom. The van der Waals surface area contributed by atoms with Crippen LogP contribution in [0.3, 0.4) is 0 Å². The quantitative estimate of drug-likeness (QED) is 0.894. The van der Waals surface area contributed by atoms with Crippen LogP contribution in [-0.2, 0) is 6.54 Å². The van der Waals surface area contributed by atoms with E-state index in [0.29, 0.717) is 12.3 Å². The van der Waals surface area contributed by atoms with E-state index in [-0.39, 0.29) is 10.7 Å². The summed E-state index contributed by atoms with van der Waals surface area (Å²) in [6.07, 6.45) is 1.55. The van der Waals surface area contributed by atoms with Crippen molar-refractivity contribution in [2.24, 2.45) is 0 Å². The van der Waals surface area contributed by atoms with E-state index in [9.17, 15) is 8.78 Å². The maximum absolute atomic E-state index is 13.4. The maximum atomic E-state index is 13.4. The normalized spacial score (nSPS) is 10.6. The monoisotopic (exact) mass is 257 g/mol. The standard InChI is InChI=1S/C12H10ClF2NO/c1-7-2-3-17-11(7)6-16-12-9(13)4-8(14)5-10(12)15/h2-5,16H,6H2,1H3. The number of furan rings is 1. The van der Waals surface area contributed by atoms with Gasteiger partial charge in [0.05, 0.1) is 23.5 Å². The Kier molecular flexibility index (Phi) is 3.33. The summed E-state index contributed by atoms with van der Waals surface area (Å²) < 4.78 is 31.4. The molecule has 17 heavy (non-hydrogen) atoms. The summed E-state index contributed by atoms with van der Waals surface area (Å²) in [7, 11) is 0. The van der Waals surface area contributed by atoms with E-state index in [1.807, 2.05) is 6.92 Å². The van der Waals surface area contributed by atoms with Crippen LogP contribution in [-0.4, -0.2) is 0 Å². The van der Waals surface area contributed by atoms with Crippen molar-refractivity contribution in [1.29, 1.82) is 0 Å². The van der Waals surface area contributed by atoms with Gasteiger partial charge in [-0.1, -0.05) is 11.6 Å². The molecule has 0 aliphatic rings. The number of benzene rings is 1. The van der Waals surface area contributed by atoms with Crippen LogP contribution in [0, 0.1) is 18.6 Å². The molecule has 0 amide bonds. The lowest BCUT2D eigenvalue weighted by Gasteiger charge is -2.08. The molecule has 0 spiro atoms. The van der Waals surface area contributed by atoms with Gasteiger partial charge in [0.25, 0.3) is 0 Å². The Labute approximate surface area is 102 Å². The van der Waals surface area contributed by atoms with E-state index < -0.39 is 11.6 Å². The lowest BCUT2D eigenvalue weighted by atomic mass is 10.2. The van der Waals surface area contributed by atoms with Crippen LogP contribution >= 0.6 is 11.6 Å². The minimum absolute atomic E-state index is 0.00621. The Hall–Kier alpha value is -1.55. The van der Waals surface area contributed by atoms with Gasteiger partial charge >= 0.3 is 0 Å². The molecule has 0 aliphatic heterocycles. The van der Waals surface area contributed by atoms with E-state index in [4.69, 9.17) is 16.0 Å².